The number of morpholine rings is 1. The Labute approximate surface area is 540 Å². The third kappa shape index (κ3) is 14.5. The number of piperazine rings is 1. The van der Waals surface area contributed by atoms with Gasteiger partial charge in [0.25, 0.3) is 0 Å². The molecule has 6 aliphatic heterocycles. The monoisotopic (exact) mass is 1320 g/mol. The van der Waals surface area contributed by atoms with Crippen LogP contribution in [0.15, 0.2) is 104 Å². The number of hydrogen-bond acceptors (Lipinski definition) is 15. The van der Waals surface area contributed by atoms with Crippen molar-refractivity contribution in [3.8, 4) is 0 Å². The number of fused-ring (bicyclic) bond motifs is 4. The summed E-state index contributed by atoms with van der Waals surface area (Å²) in [6, 6.07) is 26.5. The maximum Gasteiger partial charge on any atom is 0.230 e. The smallest absolute Gasteiger partial charge is 0.230 e. The number of rotatable bonds is 9. The molecule has 10 heterocycles. The van der Waals surface area contributed by atoms with Gasteiger partial charge in [-0.05, 0) is 135 Å². The Morgan fingerprint density at radius 3 is 1.68 bits per heavy atom. The molecule has 22 nitrogen and oxygen atoms in total. The molecule has 0 spiro atoms. The number of anilines is 3. The maximum absolute atomic E-state index is 12.3. The Kier molecular flexibility index (Phi) is 19.3. The number of hydrogen-bond donors (Lipinski definition) is 5. The first kappa shape index (κ1) is 64.2. The van der Waals surface area contributed by atoms with E-state index in [9.17, 15) is 26.7 Å². The molecule has 5 N–H and O–H groups in total. The van der Waals surface area contributed by atoms with Gasteiger partial charge in [0, 0.05) is 127 Å². The number of halogens is 2. The summed E-state index contributed by atoms with van der Waals surface area (Å²) < 4.78 is 60.6. The molecular formula is C65H80Cl2N14O8S2. The maximum atomic E-state index is 12.3. The van der Waals surface area contributed by atoms with Gasteiger partial charge < -0.3 is 34.2 Å². The minimum atomic E-state index is -3.12. The molecule has 91 heavy (non-hydrogen) atoms. The van der Waals surface area contributed by atoms with Crippen molar-refractivity contribution in [2.45, 2.75) is 75.9 Å². The Balaban J connectivity index is 0.000000117. The molecule has 0 bridgehead atoms. The van der Waals surface area contributed by atoms with Crippen molar-refractivity contribution in [2.24, 2.45) is 5.92 Å². The van der Waals surface area contributed by atoms with E-state index in [1.54, 1.807) is 8.61 Å². The van der Waals surface area contributed by atoms with Gasteiger partial charge in [-0.15, -0.1) is 0 Å². The van der Waals surface area contributed by atoms with Gasteiger partial charge in [0.2, 0.25) is 26.0 Å². The molecule has 1 atom stereocenters. The quantitative estimate of drug-likeness (QED) is 0.0903. The van der Waals surface area contributed by atoms with E-state index >= 15 is 0 Å². The molecule has 0 radical (unpaired) electrons. The number of aliphatic hydroxyl groups is 1. The van der Waals surface area contributed by atoms with Crippen molar-refractivity contribution in [1.29, 1.82) is 0 Å². The summed E-state index contributed by atoms with van der Waals surface area (Å²) in [6.45, 7) is 14.7. The molecule has 0 unspecified atom stereocenters. The van der Waals surface area contributed by atoms with Crippen molar-refractivity contribution < 1.29 is 36.2 Å². The van der Waals surface area contributed by atoms with E-state index in [-0.39, 0.29) is 17.9 Å². The van der Waals surface area contributed by atoms with Gasteiger partial charge in [-0.1, -0.05) is 53.5 Å². The highest BCUT2D eigenvalue weighted by molar-refractivity contribution is 7.88. The van der Waals surface area contributed by atoms with Crippen molar-refractivity contribution in [3.05, 3.63) is 136 Å². The van der Waals surface area contributed by atoms with Crippen LogP contribution < -0.4 is 14.7 Å². The summed E-state index contributed by atoms with van der Waals surface area (Å²) in [5.41, 5.74) is 11.3. The van der Waals surface area contributed by atoms with Gasteiger partial charge in [0.15, 0.2) is 0 Å². The zero-order valence-electron chi connectivity index (χ0n) is 51.8. The van der Waals surface area contributed by atoms with Crippen molar-refractivity contribution in [3.63, 3.8) is 0 Å². The summed E-state index contributed by atoms with van der Waals surface area (Å²) in [6.07, 6.45) is 15.0. The number of benzene rings is 5. The second kappa shape index (κ2) is 27.4. The lowest BCUT2D eigenvalue weighted by molar-refractivity contribution is -0.150. The SMILES string of the molecule is CS(=O)(=O)N1CCC(c2cc(N3CCOCC3)cc3[nH]ncc23)CC1.Cc1cc(N2CCN(S(C)(=O)=O)C[C@H]2C)c2cn[nH]c2c1.O=C(C1COC1)N1CCC(c2cc(Cl)cc3[nH]ncc23)CC1.OC1(c2ccccc2)CCN(c2cc(Cl)cc3[nH]ncc23)CC1. The average Bonchev–Trinajstić information content (AvgIpc) is 1.85. The van der Waals surface area contributed by atoms with Gasteiger partial charge in [-0.3, -0.25) is 25.2 Å². The number of likely N-dealkylation sites (tertiary alicyclic amines) is 1. The summed E-state index contributed by atoms with van der Waals surface area (Å²) in [7, 11) is -6.21. The van der Waals surface area contributed by atoms with Crippen LogP contribution in [0.5, 0.6) is 0 Å². The Morgan fingerprint density at radius 1 is 0.582 bits per heavy atom. The summed E-state index contributed by atoms with van der Waals surface area (Å²) in [5.74, 6) is 1.13. The Morgan fingerprint density at radius 2 is 1.11 bits per heavy atom. The number of nitrogens with one attached hydrogen (secondary N) is 4. The normalized spacial score (nSPS) is 20.0. The zero-order valence-corrected chi connectivity index (χ0v) is 55.0. The predicted molar refractivity (Wildman–Crippen MR) is 358 cm³/mol. The lowest BCUT2D eigenvalue weighted by atomic mass is 9.84. The highest BCUT2D eigenvalue weighted by Gasteiger charge is 2.36. The van der Waals surface area contributed by atoms with E-state index in [0.717, 1.165) is 144 Å². The summed E-state index contributed by atoms with van der Waals surface area (Å²) in [5, 5.41) is 45.5. The number of aromatic amines is 4. The van der Waals surface area contributed by atoms with E-state index in [0.29, 0.717) is 75.6 Å². The van der Waals surface area contributed by atoms with Gasteiger partial charge in [0.1, 0.15) is 0 Å². The molecule has 1 amide bonds. The fourth-order valence-corrected chi connectivity index (χ4v) is 16.0. The van der Waals surface area contributed by atoms with Crippen molar-refractivity contribution in [1.82, 2.24) is 54.3 Å². The van der Waals surface area contributed by atoms with E-state index in [1.807, 2.05) is 84.3 Å². The molecule has 6 aliphatic rings. The number of aryl methyl sites for hydroxylation is 1. The molecular weight excluding hydrogens is 1240 g/mol. The highest BCUT2D eigenvalue weighted by Crippen LogP contribution is 2.40. The topological polar surface area (TPSA) is 258 Å². The van der Waals surface area contributed by atoms with Gasteiger partial charge in [-0.2, -0.15) is 24.7 Å². The van der Waals surface area contributed by atoms with Gasteiger partial charge in [-0.25, -0.2) is 21.1 Å². The molecule has 0 saturated carbocycles. The molecule has 9 aromatic rings. The molecule has 5 aromatic carbocycles. The first-order chi connectivity index (χ1) is 43.8. The third-order valence-corrected chi connectivity index (χ3v) is 21.9. The number of aromatic nitrogens is 8. The van der Waals surface area contributed by atoms with Crippen LogP contribution in [0.1, 0.15) is 79.5 Å². The van der Waals surface area contributed by atoms with Crippen molar-refractivity contribution >= 4 is 110 Å². The van der Waals surface area contributed by atoms with E-state index in [1.165, 1.54) is 34.9 Å². The molecule has 6 saturated heterocycles. The molecule has 484 valence electrons. The zero-order chi connectivity index (χ0) is 63.6. The van der Waals surface area contributed by atoms with Crippen LogP contribution in [0.4, 0.5) is 17.1 Å². The number of sulfonamides is 2. The number of amides is 1. The minimum absolute atomic E-state index is 0.0864. The van der Waals surface area contributed by atoms with Crippen LogP contribution in [0.2, 0.25) is 10.0 Å². The lowest BCUT2D eigenvalue weighted by Gasteiger charge is -2.40. The third-order valence-electron chi connectivity index (χ3n) is 18.9. The fraction of sp³-hybridized carbons (Fsp3) is 0.462. The van der Waals surface area contributed by atoms with Gasteiger partial charge in [0.05, 0.1) is 97.3 Å². The molecule has 6 fully saturated rings. The Bertz CT molecular complexity index is 4230. The number of nitrogens with zero attached hydrogens (tertiary/aromatic N) is 10. The molecule has 26 heteroatoms. The standard InChI is InChI=1S/C18H18ClN3O.C17H24N4O3S.C16H18ClN3O2.C14H20N4O2S/c19-14-10-16-15(12-20-21-16)17(11-14)22-8-6-18(23,7-9-22)13-4-2-1-3-5-13;1-25(22,23)21-4-2-13(3-5-21)15-10-14(20-6-8-24-9-7-20)11-17-16(15)12-18-19-17;17-12-5-13(14-7-18-19-15(14)6-12)10-1-3-20(4-2-10)16(21)11-8-22-9-11;1-10-6-13-12(8-15-16-13)14(7-10)18-5-4-17(9-11(18)2)21(3,19)20/h1-5,10-12,23H,6-9H2,(H,20,21);10-13H,2-9H2,1H3,(H,18,19);5-7,10-11H,1-4,8-9H2,(H,18,19);6-8,11H,4-5,9H2,1-3H3,(H,15,16)/t;;;11-/m...1/s1. The Hall–Kier alpha value is -6.87. The molecule has 4 aromatic heterocycles. The first-order valence-corrected chi connectivity index (χ1v) is 35.8. The fourth-order valence-electron chi connectivity index (χ4n) is 13.7. The largest absolute Gasteiger partial charge is 0.385 e. The number of H-pyrrole nitrogens is 4. The van der Waals surface area contributed by atoms with Crippen LogP contribution in [-0.2, 0) is 39.9 Å². The summed E-state index contributed by atoms with van der Waals surface area (Å²) >= 11 is 12.4. The predicted octanol–water partition coefficient (Wildman–Crippen LogP) is 9.15. The summed E-state index contributed by atoms with van der Waals surface area (Å²) in [4.78, 5) is 21.1. The number of piperidine rings is 3. The second-order valence-electron chi connectivity index (χ2n) is 25.0. The second-order valence-corrected chi connectivity index (χ2v) is 29.8. The number of carbonyl (C=O) groups is 1. The van der Waals surface area contributed by atoms with Crippen LogP contribution >= 0.6 is 23.2 Å². The number of ether oxygens (including phenoxy) is 2. The van der Waals surface area contributed by atoms with E-state index in [4.69, 9.17) is 32.7 Å². The minimum Gasteiger partial charge on any atom is -0.385 e. The lowest BCUT2D eigenvalue weighted by Crippen LogP contribution is -2.53. The first-order valence-electron chi connectivity index (χ1n) is 31.3. The van der Waals surface area contributed by atoms with Crippen LogP contribution in [0.3, 0.4) is 0 Å². The number of carbonyl (C=O) groups excluding carboxylic acids is 1. The van der Waals surface area contributed by atoms with Crippen LogP contribution in [0, 0.1) is 12.8 Å². The van der Waals surface area contributed by atoms with Crippen LogP contribution in [0.25, 0.3) is 43.6 Å². The van der Waals surface area contributed by atoms with E-state index in [2.05, 4.69) is 93.6 Å². The molecule has 0 aliphatic carbocycles. The van der Waals surface area contributed by atoms with E-state index < -0.39 is 25.6 Å². The highest BCUT2D eigenvalue weighted by atomic mass is 35.5. The van der Waals surface area contributed by atoms with Crippen LogP contribution in [-0.4, -0.2) is 199 Å². The molecule has 15 rings (SSSR count). The average molecular weight is 1320 g/mol. The van der Waals surface area contributed by atoms with Gasteiger partial charge >= 0.3 is 0 Å². The van der Waals surface area contributed by atoms with Crippen molar-refractivity contribution in [2.75, 3.05) is 126 Å².